The first kappa shape index (κ1) is 22.0. The summed E-state index contributed by atoms with van der Waals surface area (Å²) in [4.78, 5) is 24.5. The molecule has 0 bridgehead atoms. The Balaban J connectivity index is 1.44. The molecule has 3 aromatic rings. The minimum atomic E-state index is -3.67. The molecule has 0 saturated heterocycles. The molecule has 1 aromatic heterocycles. The molecule has 0 saturated carbocycles. The number of sulfonamides is 1. The van der Waals surface area contributed by atoms with Gasteiger partial charge in [-0.1, -0.05) is 42.5 Å². The van der Waals surface area contributed by atoms with Crippen LogP contribution in [0.2, 0.25) is 0 Å². The van der Waals surface area contributed by atoms with Crippen LogP contribution in [-0.4, -0.2) is 33.3 Å². The van der Waals surface area contributed by atoms with Crippen LogP contribution >= 0.6 is 11.3 Å². The summed E-state index contributed by atoms with van der Waals surface area (Å²) in [6.45, 7) is 0.706. The lowest BCUT2D eigenvalue weighted by Gasteiger charge is -2.30. The van der Waals surface area contributed by atoms with E-state index in [1.807, 2.05) is 30.3 Å². The maximum atomic E-state index is 13.1. The molecule has 0 unspecified atom stereocenters. The predicted molar refractivity (Wildman–Crippen MR) is 125 cm³/mol. The maximum Gasteiger partial charge on any atom is 0.313 e. The van der Waals surface area contributed by atoms with Gasteiger partial charge in [-0.2, -0.15) is 0 Å². The second kappa shape index (κ2) is 9.54. The van der Waals surface area contributed by atoms with Gasteiger partial charge in [0.1, 0.15) is 4.21 Å². The number of nitrogens with one attached hydrogen (secondary N) is 2. The van der Waals surface area contributed by atoms with Crippen LogP contribution in [0, 0.1) is 0 Å². The van der Waals surface area contributed by atoms with Crippen LogP contribution in [0.5, 0.6) is 0 Å². The molecule has 0 spiro atoms. The van der Waals surface area contributed by atoms with E-state index in [0.717, 1.165) is 17.5 Å². The van der Waals surface area contributed by atoms with Gasteiger partial charge >= 0.3 is 11.8 Å². The molecule has 4 rings (SSSR count). The molecule has 9 heteroatoms. The van der Waals surface area contributed by atoms with Gasteiger partial charge in [-0.25, -0.2) is 8.42 Å². The van der Waals surface area contributed by atoms with Gasteiger partial charge in [0.15, 0.2) is 0 Å². The van der Waals surface area contributed by atoms with Crippen molar-refractivity contribution in [3.05, 3.63) is 77.2 Å². The van der Waals surface area contributed by atoms with E-state index in [1.165, 1.54) is 15.6 Å². The van der Waals surface area contributed by atoms with Gasteiger partial charge in [-0.15, -0.1) is 11.3 Å². The van der Waals surface area contributed by atoms with Gasteiger partial charge in [-0.3, -0.25) is 13.9 Å². The Bertz CT molecular complexity index is 1210. The molecular weight excluding hydrogens is 446 g/mol. The van der Waals surface area contributed by atoms with Crippen molar-refractivity contribution in [3.63, 3.8) is 0 Å². The second-order valence-corrected chi connectivity index (χ2v) is 10.4. The minimum Gasteiger partial charge on any atom is -0.347 e. The monoisotopic (exact) mass is 469 g/mol. The molecule has 0 aliphatic carbocycles. The number of fused-ring (bicyclic) bond motifs is 1. The van der Waals surface area contributed by atoms with Gasteiger partial charge in [0.05, 0.1) is 5.69 Å². The Hall–Kier alpha value is -3.17. The molecule has 1 aliphatic rings. The van der Waals surface area contributed by atoms with E-state index in [0.29, 0.717) is 37.3 Å². The number of benzene rings is 2. The standard InChI is InChI=1S/C23H23N3O4S2/c27-22(24-13-12-17-6-2-1-3-7-17)23(28)25-19-11-10-18-8-4-14-26(20(18)16-19)32(29,30)21-9-5-15-31-21/h1-3,5-7,9-11,15-16H,4,8,12-14H2,(H,24,27)(H,25,28). The Morgan fingerprint density at radius 3 is 2.56 bits per heavy atom. The molecule has 0 atom stereocenters. The lowest BCUT2D eigenvalue weighted by atomic mass is 10.0. The SMILES string of the molecule is O=C(NCCc1ccccc1)C(=O)Nc1ccc2c(c1)N(S(=O)(=O)c1cccs1)CCC2. The Kier molecular flexibility index (Phi) is 6.57. The summed E-state index contributed by atoms with van der Waals surface area (Å²) in [6, 6.07) is 18.1. The van der Waals surface area contributed by atoms with Gasteiger partial charge in [0, 0.05) is 18.8 Å². The summed E-state index contributed by atoms with van der Waals surface area (Å²) in [5.74, 6) is -1.52. The molecule has 1 aliphatic heterocycles. The Labute approximate surface area is 191 Å². The highest BCUT2D eigenvalue weighted by molar-refractivity contribution is 7.94. The topological polar surface area (TPSA) is 95.6 Å². The maximum absolute atomic E-state index is 13.1. The lowest BCUT2D eigenvalue weighted by Crippen LogP contribution is -2.37. The highest BCUT2D eigenvalue weighted by Gasteiger charge is 2.30. The molecule has 2 aromatic carbocycles. The Morgan fingerprint density at radius 1 is 1.00 bits per heavy atom. The number of aryl methyl sites for hydroxylation is 1. The zero-order valence-electron chi connectivity index (χ0n) is 17.3. The summed E-state index contributed by atoms with van der Waals surface area (Å²) in [6.07, 6.45) is 2.08. The van der Waals surface area contributed by atoms with Gasteiger partial charge in [0.2, 0.25) is 0 Å². The highest BCUT2D eigenvalue weighted by atomic mass is 32.2. The van der Waals surface area contributed by atoms with E-state index in [9.17, 15) is 18.0 Å². The first-order valence-electron chi connectivity index (χ1n) is 10.3. The second-order valence-electron chi connectivity index (χ2n) is 7.40. The molecule has 166 valence electrons. The molecule has 32 heavy (non-hydrogen) atoms. The molecule has 2 N–H and O–H groups in total. The summed E-state index contributed by atoms with van der Waals surface area (Å²) < 4.78 is 27.8. The fraction of sp³-hybridized carbons (Fsp3) is 0.217. The predicted octanol–water partition coefficient (Wildman–Crippen LogP) is 3.19. The van der Waals surface area contributed by atoms with Crippen LogP contribution in [0.1, 0.15) is 17.5 Å². The van der Waals surface area contributed by atoms with E-state index in [4.69, 9.17) is 0 Å². The van der Waals surface area contributed by atoms with Gasteiger partial charge < -0.3 is 10.6 Å². The largest absolute Gasteiger partial charge is 0.347 e. The summed E-state index contributed by atoms with van der Waals surface area (Å²) in [7, 11) is -3.67. The number of carbonyl (C=O) groups is 2. The number of hydrogen-bond donors (Lipinski definition) is 2. The first-order valence-corrected chi connectivity index (χ1v) is 12.6. The molecule has 2 amide bonds. The van der Waals surface area contributed by atoms with E-state index in [-0.39, 0.29) is 4.21 Å². The van der Waals surface area contributed by atoms with Crippen molar-refractivity contribution in [2.45, 2.75) is 23.5 Å². The highest BCUT2D eigenvalue weighted by Crippen LogP contribution is 2.35. The van der Waals surface area contributed by atoms with Crippen molar-refractivity contribution < 1.29 is 18.0 Å². The van der Waals surface area contributed by atoms with Gasteiger partial charge in [-0.05, 0) is 54.0 Å². The number of anilines is 2. The summed E-state index contributed by atoms with van der Waals surface area (Å²) >= 11 is 1.17. The number of carbonyl (C=O) groups excluding carboxylic acids is 2. The third-order valence-electron chi connectivity index (χ3n) is 5.21. The van der Waals surface area contributed by atoms with E-state index in [1.54, 1.807) is 35.7 Å². The van der Waals surface area contributed by atoms with E-state index in [2.05, 4.69) is 10.6 Å². The smallest absolute Gasteiger partial charge is 0.313 e. The van der Waals surface area contributed by atoms with E-state index >= 15 is 0 Å². The van der Waals surface area contributed by atoms with Crippen molar-refractivity contribution >= 4 is 44.5 Å². The molecule has 0 fully saturated rings. The normalized spacial score (nSPS) is 13.3. The number of thiophene rings is 1. The van der Waals surface area contributed by atoms with Crippen molar-refractivity contribution in [2.24, 2.45) is 0 Å². The van der Waals surface area contributed by atoms with Gasteiger partial charge in [0.25, 0.3) is 10.0 Å². The first-order chi connectivity index (χ1) is 15.4. The minimum absolute atomic E-state index is 0.276. The van der Waals surface area contributed by atoms with E-state index < -0.39 is 21.8 Å². The number of nitrogens with zero attached hydrogens (tertiary/aromatic N) is 1. The zero-order chi connectivity index (χ0) is 22.6. The van der Waals surface area contributed by atoms with Crippen molar-refractivity contribution in [3.8, 4) is 0 Å². The fourth-order valence-corrected chi connectivity index (χ4v) is 6.26. The average molecular weight is 470 g/mol. The number of rotatable bonds is 6. The van der Waals surface area contributed by atoms with Crippen molar-refractivity contribution in [1.82, 2.24) is 5.32 Å². The number of hydrogen-bond acceptors (Lipinski definition) is 5. The number of amides is 2. The molecule has 0 radical (unpaired) electrons. The van der Waals surface area contributed by atoms with Crippen LogP contribution in [0.15, 0.2) is 70.3 Å². The summed E-state index contributed by atoms with van der Waals surface area (Å²) in [5, 5.41) is 6.91. The van der Waals surface area contributed by atoms with Crippen molar-refractivity contribution in [1.29, 1.82) is 0 Å². The van der Waals surface area contributed by atoms with Crippen LogP contribution in [0.4, 0.5) is 11.4 Å². The molecular formula is C23H23N3O4S2. The average Bonchev–Trinajstić information content (AvgIpc) is 3.35. The lowest BCUT2D eigenvalue weighted by molar-refractivity contribution is -0.136. The van der Waals surface area contributed by atoms with Crippen LogP contribution in [-0.2, 0) is 32.5 Å². The fourth-order valence-electron chi connectivity index (χ4n) is 3.62. The zero-order valence-corrected chi connectivity index (χ0v) is 18.9. The Morgan fingerprint density at radius 2 is 1.81 bits per heavy atom. The quantitative estimate of drug-likeness (QED) is 0.542. The van der Waals surface area contributed by atoms with Crippen LogP contribution in [0.3, 0.4) is 0 Å². The third-order valence-corrected chi connectivity index (χ3v) is 8.39. The van der Waals surface area contributed by atoms with Crippen LogP contribution < -0.4 is 14.9 Å². The van der Waals surface area contributed by atoms with Crippen molar-refractivity contribution in [2.75, 3.05) is 22.7 Å². The third kappa shape index (κ3) is 4.84. The molecule has 7 nitrogen and oxygen atoms in total. The molecule has 2 heterocycles. The van der Waals surface area contributed by atoms with Crippen LogP contribution in [0.25, 0.3) is 0 Å². The summed E-state index contributed by atoms with van der Waals surface area (Å²) in [5.41, 5.74) is 2.86.